The Morgan fingerprint density at radius 1 is 1.21 bits per heavy atom. The molecule has 2 rings (SSSR count). The molecule has 1 aliphatic rings. The molecule has 0 fully saturated rings. The number of benzene rings is 1. The van der Waals surface area contributed by atoms with E-state index < -0.39 is 14.3 Å². The Balaban J connectivity index is 2.12. The highest BCUT2D eigenvalue weighted by Crippen LogP contribution is 2.37. The molecule has 152 valence electrons. The van der Waals surface area contributed by atoms with Crippen molar-refractivity contribution in [1.82, 2.24) is 4.90 Å². The molecule has 28 heavy (non-hydrogen) atoms. The standard InChI is InChI=1S/C21H30N2O4Si/c1-8-26-19(24)14-23-15(2)22-18(20(23)25)13-16-9-11-17(12-10-16)27-28(6,7)21(3,4)5/h9-13H,8,14H2,1-7H3/b18-13+. The van der Waals surface area contributed by atoms with Gasteiger partial charge in [0.05, 0.1) is 6.61 Å². The zero-order valence-electron chi connectivity index (χ0n) is 17.8. The zero-order chi connectivity index (χ0) is 21.1. The summed E-state index contributed by atoms with van der Waals surface area (Å²) in [6, 6.07) is 7.64. The number of nitrogens with zero attached hydrogens (tertiary/aromatic N) is 2. The first-order chi connectivity index (χ1) is 12.9. The number of aliphatic imine (C=N–C) groups is 1. The van der Waals surface area contributed by atoms with Crippen molar-refractivity contribution in [2.24, 2.45) is 4.99 Å². The van der Waals surface area contributed by atoms with Gasteiger partial charge in [-0.15, -0.1) is 0 Å². The Bertz CT molecular complexity index is 805. The maximum Gasteiger partial charge on any atom is 0.326 e. The molecule has 7 heteroatoms. The molecule has 0 spiro atoms. The molecule has 1 aromatic rings. The van der Waals surface area contributed by atoms with Crippen molar-refractivity contribution in [2.75, 3.05) is 13.2 Å². The second kappa shape index (κ2) is 8.30. The third kappa shape index (κ3) is 5.10. The van der Waals surface area contributed by atoms with E-state index in [-0.39, 0.29) is 24.1 Å². The van der Waals surface area contributed by atoms with Crippen LogP contribution >= 0.6 is 0 Å². The first-order valence-electron chi connectivity index (χ1n) is 9.48. The molecule has 0 unspecified atom stereocenters. The highest BCUT2D eigenvalue weighted by molar-refractivity contribution is 6.74. The fourth-order valence-corrected chi connectivity index (χ4v) is 3.45. The number of ether oxygens (including phenoxy) is 1. The van der Waals surface area contributed by atoms with E-state index in [0.717, 1.165) is 11.3 Å². The minimum atomic E-state index is -1.89. The molecule has 6 nitrogen and oxygen atoms in total. The van der Waals surface area contributed by atoms with Crippen molar-refractivity contribution in [3.8, 4) is 5.75 Å². The molecule has 0 atom stereocenters. The summed E-state index contributed by atoms with van der Waals surface area (Å²) in [5.41, 5.74) is 1.15. The number of hydrogen-bond acceptors (Lipinski definition) is 5. The number of esters is 1. The van der Waals surface area contributed by atoms with Crippen molar-refractivity contribution in [1.29, 1.82) is 0 Å². The maximum atomic E-state index is 12.5. The number of carbonyl (C=O) groups is 2. The lowest BCUT2D eigenvalue weighted by Crippen LogP contribution is -2.43. The van der Waals surface area contributed by atoms with Crippen LogP contribution in [-0.2, 0) is 14.3 Å². The third-order valence-electron chi connectivity index (χ3n) is 5.09. The van der Waals surface area contributed by atoms with E-state index in [1.807, 2.05) is 24.3 Å². The Morgan fingerprint density at radius 2 is 1.82 bits per heavy atom. The highest BCUT2D eigenvalue weighted by Gasteiger charge is 2.39. The number of amidine groups is 1. The largest absolute Gasteiger partial charge is 0.544 e. The first kappa shape index (κ1) is 21.9. The van der Waals surface area contributed by atoms with Gasteiger partial charge < -0.3 is 9.16 Å². The van der Waals surface area contributed by atoms with Crippen LogP contribution in [0, 0.1) is 0 Å². The van der Waals surface area contributed by atoms with Gasteiger partial charge in [-0.1, -0.05) is 32.9 Å². The molecule has 0 aromatic heterocycles. The van der Waals surface area contributed by atoms with Gasteiger partial charge in [0, 0.05) is 0 Å². The van der Waals surface area contributed by atoms with Crippen LogP contribution in [0.25, 0.3) is 6.08 Å². The molecule has 0 saturated heterocycles. The number of hydrogen-bond donors (Lipinski definition) is 0. The van der Waals surface area contributed by atoms with E-state index in [2.05, 4.69) is 38.9 Å². The van der Waals surface area contributed by atoms with Crippen LogP contribution in [0.4, 0.5) is 0 Å². The second-order valence-electron chi connectivity index (χ2n) is 8.32. The summed E-state index contributed by atoms with van der Waals surface area (Å²) in [7, 11) is -1.89. The minimum Gasteiger partial charge on any atom is -0.544 e. The number of rotatable bonds is 6. The van der Waals surface area contributed by atoms with Crippen molar-refractivity contribution in [2.45, 2.75) is 52.8 Å². The van der Waals surface area contributed by atoms with Crippen LogP contribution in [0.15, 0.2) is 35.0 Å². The van der Waals surface area contributed by atoms with Gasteiger partial charge in [-0.2, -0.15) is 0 Å². The van der Waals surface area contributed by atoms with Crippen LogP contribution in [0.3, 0.4) is 0 Å². The quantitative estimate of drug-likeness (QED) is 0.405. The van der Waals surface area contributed by atoms with Crippen molar-refractivity contribution >= 4 is 32.1 Å². The van der Waals surface area contributed by atoms with Gasteiger partial charge in [0.1, 0.15) is 23.8 Å². The predicted molar refractivity (Wildman–Crippen MR) is 114 cm³/mol. The second-order valence-corrected chi connectivity index (χ2v) is 13.0. The average Bonchev–Trinajstić information content (AvgIpc) is 2.83. The lowest BCUT2D eigenvalue weighted by molar-refractivity contribution is -0.145. The molecular formula is C21H30N2O4Si. The summed E-state index contributed by atoms with van der Waals surface area (Å²) in [5, 5.41) is 0.124. The average molecular weight is 403 g/mol. The van der Waals surface area contributed by atoms with Gasteiger partial charge in [0.25, 0.3) is 5.91 Å². The zero-order valence-corrected chi connectivity index (χ0v) is 18.8. The van der Waals surface area contributed by atoms with Crippen LogP contribution < -0.4 is 4.43 Å². The molecule has 0 aliphatic carbocycles. The molecular weight excluding hydrogens is 372 g/mol. The monoisotopic (exact) mass is 402 g/mol. The Morgan fingerprint density at radius 3 is 2.36 bits per heavy atom. The van der Waals surface area contributed by atoms with Gasteiger partial charge in [-0.25, -0.2) is 4.99 Å². The van der Waals surface area contributed by atoms with Gasteiger partial charge >= 0.3 is 5.97 Å². The van der Waals surface area contributed by atoms with Crippen LogP contribution in [0.1, 0.15) is 40.2 Å². The summed E-state index contributed by atoms with van der Waals surface area (Å²) in [6.07, 6.45) is 1.72. The summed E-state index contributed by atoms with van der Waals surface area (Å²) in [4.78, 5) is 29.8. The van der Waals surface area contributed by atoms with Crippen LogP contribution in [-0.4, -0.2) is 44.1 Å². The lowest BCUT2D eigenvalue weighted by atomic mass is 10.2. The Hall–Kier alpha value is -2.41. The van der Waals surface area contributed by atoms with Gasteiger partial charge in [0.2, 0.25) is 8.32 Å². The predicted octanol–water partition coefficient (Wildman–Crippen LogP) is 4.24. The van der Waals surface area contributed by atoms with E-state index in [0.29, 0.717) is 11.5 Å². The Kier molecular flexibility index (Phi) is 6.49. The maximum absolute atomic E-state index is 12.5. The van der Waals surface area contributed by atoms with E-state index in [1.54, 1.807) is 19.9 Å². The third-order valence-corrected chi connectivity index (χ3v) is 9.45. The number of carbonyl (C=O) groups excluding carboxylic acids is 2. The SMILES string of the molecule is CCOC(=O)CN1C(=O)/C(=C\c2ccc(O[Si](C)(C)C(C)(C)C)cc2)N=C1C. The van der Waals surface area contributed by atoms with Crippen LogP contribution in [0.2, 0.25) is 18.1 Å². The smallest absolute Gasteiger partial charge is 0.326 e. The van der Waals surface area contributed by atoms with E-state index >= 15 is 0 Å². The van der Waals surface area contributed by atoms with Crippen molar-refractivity contribution < 1.29 is 18.8 Å². The Labute approximate surface area is 168 Å². The van der Waals surface area contributed by atoms with Gasteiger partial charge in [-0.3, -0.25) is 14.5 Å². The molecule has 0 N–H and O–H groups in total. The fraction of sp³-hybridized carbons (Fsp3) is 0.476. The van der Waals surface area contributed by atoms with E-state index in [4.69, 9.17) is 9.16 Å². The lowest BCUT2D eigenvalue weighted by Gasteiger charge is -2.36. The molecule has 1 heterocycles. The minimum absolute atomic E-state index is 0.124. The first-order valence-corrected chi connectivity index (χ1v) is 12.4. The number of amides is 1. The van der Waals surface area contributed by atoms with Crippen molar-refractivity contribution in [3.63, 3.8) is 0 Å². The summed E-state index contributed by atoms with van der Waals surface area (Å²) in [6.45, 7) is 14.6. The summed E-state index contributed by atoms with van der Waals surface area (Å²) in [5.74, 6) is 0.572. The fourth-order valence-electron chi connectivity index (χ4n) is 2.42. The van der Waals surface area contributed by atoms with Gasteiger partial charge in [-0.05, 0) is 55.8 Å². The van der Waals surface area contributed by atoms with Gasteiger partial charge in [0.15, 0.2) is 0 Å². The molecule has 0 radical (unpaired) electrons. The normalized spacial score (nSPS) is 16.4. The molecule has 0 bridgehead atoms. The van der Waals surface area contributed by atoms with Crippen molar-refractivity contribution in [3.05, 3.63) is 35.5 Å². The van der Waals surface area contributed by atoms with Crippen LogP contribution in [0.5, 0.6) is 5.75 Å². The van der Waals surface area contributed by atoms with E-state index in [1.165, 1.54) is 4.90 Å². The molecule has 1 amide bonds. The highest BCUT2D eigenvalue weighted by atomic mass is 28.4. The molecule has 1 aromatic carbocycles. The topological polar surface area (TPSA) is 68.2 Å². The molecule has 0 saturated carbocycles. The molecule has 1 aliphatic heterocycles. The summed E-state index contributed by atoms with van der Waals surface area (Å²) < 4.78 is 11.2. The summed E-state index contributed by atoms with van der Waals surface area (Å²) >= 11 is 0. The van der Waals surface area contributed by atoms with E-state index in [9.17, 15) is 9.59 Å².